The van der Waals surface area contributed by atoms with Crippen LogP contribution >= 0.6 is 0 Å². The minimum absolute atomic E-state index is 0.0888. The topological polar surface area (TPSA) is 76.2 Å². The van der Waals surface area contributed by atoms with Crippen LogP contribution in [-0.2, 0) is 22.5 Å². The molecule has 1 aromatic heterocycles. The molecule has 2 aromatic carbocycles. The second-order valence-corrected chi connectivity index (χ2v) is 7.24. The fourth-order valence-corrected chi connectivity index (χ4v) is 3.88. The summed E-state index contributed by atoms with van der Waals surface area (Å²) in [5, 5.41) is 2.97. The van der Waals surface area contributed by atoms with Gasteiger partial charge in [-0.25, -0.2) is 4.98 Å². The Hall–Kier alpha value is -3.12. The number of hydrogen-bond donors (Lipinski definition) is 2. The summed E-state index contributed by atoms with van der Waals surface area (Å²) in [6.45, 7) is 0.957. The lowest BCUT2D eigenvalue weighted by Crippen LogP contribution is -2.47. The van der Waals surface area contributed by atoms with Gasteiger partial charge in [-0.3, -0.25) is 4.79 Å². The minimum Gasteiger partial charge on any atom is -0.496 e. The molecule has 1 fully saturated rings. The van der Waals surface area contributed by atoms with Crippen molar-refractivity contribution in [3.63, 3.8) is 0 Å². The second-order valence-electron chi connectivity index (χ2n) is 7.24. The van der Waals surface area contributed by atoms with Gasteiger partial charge in [0.15, 0.2) is 5.60 Å². The molecular weight excluding hydrogens is 366 g/mol. The molecule has 0 aliphatic carbocycles. The zero-order chi connectivity index (χ0) is 20.1. The molecule has 0 radical (unpaired) electrons. The average molecular weight is 391 g/mol. The van der Waals surface area contributed by atoms with Gasteiger partial charge >= 0.3 is 0 Å². The standard InChI is InChI=1S/C23H25N3O3/c1-28-20-9-3-2-8-19(20)18-7-4-6-17(14-18)15-23(10-5-13-29-23)22(27)26-16-21-24-11-12-25-21/h2-4,6-9,11-12,14H,5,10,13,15-16H2,1H3,(H,24,25)(H,26,27). The molecule has 6 heteroatoms. The molecule has 1 atom stereocenters. The number of hydrogen-bond acceptors (Lipinski definition) is 4. The molecule has 150 valence electrons. The lowest BCUT2D eigenvalue weighted by molar-refractivity contribution is -0.141. The average Bonchev–Trinajstić information content (AvgIpc) is 3.45. The molecule has 6 nitrogen and oxygen atoms in total. The van der Waals surface area contributed by atoms with Crippen molar-refractivity contribution < 1.29 is 14.3 Å². The fraction of sp³-hybridized carbons (Fsp3) is 0.304. The number of benzene rings is 2. The van der Waals surface area contributed by atoms with E-state index >= 15 is 0 Å². The van der Waals surface area contributed by atoms with E-state index in [1.807, 2.05) is 36.4 Å². The summed E-state index contributed by atoms with van der Waals surface area (Å²) in [4.78, 5) is 20.2. The maximum absolute atomic E-state index is 13.0. The van der Waals surface area contributed by atoms with Gasteiger partial charge < -0.3 is 19.8 Å². The van der Waals surface area contributed by atoms with Crippen molar-refractivity contribution in [2.45, 2.75) is 31.4 Å². The van der Waals surface area contributed by atoms with Crippen LogP contribution in [0.3, 0.4) is 0 Å². The molecule has 29 heavy (non-hydrogen) atoms. The van der Waals surface area contributed by atoms with Crippen LogP contribution in [0.25, 0.3) is 11.1 Å². The number of para-hydroxylation sites is 1. The molecule has 1 unspecified atom stereocenters. The van der Waals surface area contributed by atoms with Gasteiger partial charge in [0, 0.05) is 31.0 Å². The lowest BCUT2D eigenvalue weighted by atomic mass is 9.89. The zero-order valence-corrected chi connectivity index (χ0v) is 16.5. The molecule has 2 N–H and O–H groups in total. The summed E-state index contributed by atoms with van der Waals surface area (Å²) in [6.07, 6.45) is 5.52. The number of imidazole rings is 1. The molecule has 0 spiro atoms. The van der Waals surface area contributed by atoms with Crippen LogP contribution in [0.4, 0.5) is 0 Å². The van der Waals surface area contributed by atoms with Crippen molar-refractivity contribution in [1.82, 2.24) is 15.3 Å². The molecule has 1 aliphatic heterocycles. The van der Waals surface area contributed by atoms with Crippen molar-refractivity contribution in [2.24, 2.45) is 0 Å². The Morgan fingerprint density at radius 1 is 1.28 bits per heavy atom. The molecule has 1 aliphatic rings. The zero-order valence-electron chi connectivity index (χ0n) is 16.5. The number of H-pyrrole nitrogens is 1. The van der Waals surface area contributed by atoms with E-state index in [1.165, 1.54) is 0 Å². The predicted octanol–water partition coefficient (Wildman–Crippen LogP) is 3.49. The molecular formula is C23H25N3O3. The summed E-state index contributed by atoms with van der Waals surface area (Å²) in [5.41, 5.74) is 2.31. The van der Waals surface area contributed by atoms with Gasteiger partial charge in [-0.05, 0) is 30.0 Å². The predicted molar refractivity (Wildman–Crippen MR) is 110 cm³/mol. The lowest BCUT2D eigenvalue weighted by Gasteiger charge is -2.27. The van der Waals surface area contributed by atoms with Crippen molar-refractivity contribution in [3.05, 3.63) is 72.3 Å². The Balaban J connectivity index is 1.55. The Labute approximate surface area is 170 Å². The molecule has 0 saturated carbocycles. The number of carbonyl (C=O) groups excluding carboxylic acids is 1. The van der Waals surface area contributed by atoms with E-state index < -0.39 is 5.60 Å². The van der Waals surface area contributed by atoms with E-state index in [2.05, 4.69) is 27.4 Å². The maximum Gasteiger partial charge on any atom is 0.252 e. The number of nitrogens with one attached hydrogen (secondary N) is 2. The Morgan fingerprint density at radius 2 is 2.17 bits per heavy atom. The van der Waals surface area contributed by atoms with E-state index in [0.717, 1.165) is 34.7 Å². The third kappa shape index (κ3) is 4.17. The van der Waals surface area contributed by atoms with E-state index in [4.69, 9.17) is 9.47 Å². The van der Waals surface area contributed by atoms with E-state index in [0.29, 0.717) is 26.0 Å². The van der Waals surface area contributed by atoms with Crippen molar-refractivity contribution >= 4 is 5.91 Å². The Kier molecular flexibility index (Phi) is 5.62. The third-order valence-electron chi connectivity index (χ3n) is 5.32. The number of aromatic amines is 1. The fourth-order valence-electron chi connectivity index (χ4n) is 3.88. The van der Waals surface area contributed by atoms with Crippen LogP contribution in [0.2, 0.25) is 0 Å². The number of amides is 1. The van der Waals surface area contributed by atoms with Gasteiger partial charge in [0.25, 0.3) is 5.91 Å². The van der Waals surface area contributed by atoms with Crippen LogP contribution in [0.15, 0.2) is 60.9 Å². The smallest absolute Gasteiger partial charge is 0.252 e. The summed E-state index contributed by atoms with van der Waals surface area (Å²) < 4.78 is 11.5. The van der Waals surface area contributed by atoms with Crippen molar-refractivity contribution in [1.29, 1.82) is 0 Å². The number of ether oxygens (including phenoxy) is 2. The molecule has 2 heterocycles. The van der Waals surface area contributed by atoms with Crippen molar-refractivity contribution in [3.8, 4) is 16.9 Å². The first kappa shape index (κ1) is 19.2. The van der Waals surface area contributed by atoms with Crippen molar-refractivity contribution in [2.75, 3.05) is 13.7 Å². The quantitative estimate of drug-likeness (QED) is 0.646. The Bertz CT molecular complexity index is 963. The summed E-state index contributed by atoms with van der Waals surface area (Å²) in [7, 11) is 1.67. The molecule has 1 amide bonds. The van der Waals surface area contributed by atoms with Crippen LogP contribution < -0.4 is 10.1 Å². The van der Waals surface area contributed by atoms with Gasteiger partial charge in [-0.2, -0.15) is 0 Å². The van der Waals surface area contributed by atoms with Gasteiger partial charge in [-0.15, -0.1) is 0 Å². The molecule has 4 rings (SSSR count). The highest BCUT2D eigenvalue weighted by molar-refractivity contribution is 5.86. The highest BCUT2D eigenvalue weighted by atomic mass is 16.5. The number of aromatic nitrogens is 2. The first-order chi connectivity index (χ1) is 14.2. The molecule has 1 saturated heterocycles. The number of rotatable bonds is 7. The van der Waals surface area contributed by atoms with Gasteiger partial charge in [0.2, 0.25) is 0 Å². The van der Waals surface area contributed by atoms with Crippen LogP contribution in [0.1, 0.15) is 24.2 Å². The number of carbonyl (C=O) groups is 1. The molecule has 0 bridgehead atoms. The highest BCUT2D eigenvalue weighted by Crippen LogP contribution is 2.33. The van der Waals surface area contributed by atoms with E-state index in [1.54, 1.807) is 19.5 Å². The van der Waals surface area contributed by atoms with E-state index in [-0.39, 0.29) is 5.91 Å². The minimum atomic E-state index is -0.841. The normalized spacial score (nSPS) is 18.5. The monoisotopic (exact) mass is 391 g/mol. The molecule has 3 aromatic rings. The van der Waals surface area contributed by atoms with Gasteiger partial charge in [0.1, 0.15) is 11.6 Å². The van der Waals surface area contributed by atoms with Gasteiger partial charge in [-0.1, -0.05) is 42.5 Å². The number of nitrogens with zero attached hydrogens (tertiary/aromatic N) is 1. The third-order valence-corrected chi connectivity index (χ3v) is 5.32. The van der Waals surface area contributed by atoms with Crippen LogP contribution in [0, 0.1) is 0 Å². The maximum atomic E-state index is 13.0. The summed E-state index contributed by atoms with van der Waals surface area (Å²) >= 11 is 0. The largest absolute Gasteiger partial charge is 0.496 e. The first-order valence-corrected chi connectivity index (χ1v) is 9.83. The van der Waals surface area contributed by atoms with E-state index in [9.17, 15) is 4.79 Å². The van der Waals surface area contributed by atoms with Gasteiger partial charge in [0.05, 0.1) is 13.7 Å². The second kappa shape index (κ2) is 8.49. The summed E-state index contributed by atoms with van der Waals surface area (Å²) in [6, 6.07) is 16.2. The SMILES string of the molecule is COc1ccccc1-c1cccc(CC2(C(=O)NCc3ncc[nH]3)CCCO2)c1. The van der Waals surface area contributed by atoms with Crippen LogP contribution in [0.5, 0.6) is 5.75 Å². The van der Waals surface area contributed by atoms with Crippen LogP contribution in [-0.4, -0.2) is 35.2 Å². The Morgan fingerprint density at radius 3 is 2.93 bits per heavy atom. The summed E-state index contributed by atoms with van der Waals surface area (Å²) in [5.74, 6) is 1.46. The highest BCUT2D eigenvalue weighted by Gasteiger charge is 2.42. The number of methoxy groups -OCH3 is 1. The first-order valence-electron chi connectivity index (χ1n) is 9.83.